The average Bonchev–Trinajstić information content (AvgIpc) is 2.72. The maximum absolute atomic E-state index is 12.3. The lowest BCUT2D eigenvalue weighted by atomic mass is 10.0. The van der Waals surface area contributed by atoms with Crippen LogP contribution in [0.25, 0.3) is 11.1 Å². The van der Waals surface area contributed by atoms with Crippen LogP contribution >= 0.6 is 0 Å². The highest BCUT2D eigenvalue weighted by atomic mass is 16.5. The molecule has 0 aliphatic rings. The zero-order valence-electron chi connectivity index (χ0n) is 14.7. The third-order valence-electron chi connectivity index (χ3n) is 4.08. The molecule has 1 N–H and O–H groups in total. The minimum Gasteiger partial charge on any atom is -0.494 e. The molecule has 3 aromatic rings. The molecule has 0 aliphatic carbocycles. The molecule has 2 aromatic heterocycles. The van der Waals surface area contributed by atoms with Gasteiger partial charge in [-0.1, -0.05) is 18.2 Å². The van der Waals surface area contributed by atoms with Crippen LogP contribution < -0.4 is 10.1 Å². The molecule has 0 aliphatic heterocycles. The Kier molecular flexibility index (Phi) is 5.93. The summed E-state index contributed by atoms with van der Waals surface area (Å²) >= 11 is 0. The normalized spacial score (nSPS) is 10.3. The van der Waals surface area contributed by atoms with Gasteiger partial charge in [0.1, 0.15) is 5.75 Å². The first-order chi connectivity index (χ1) is 12.8. The van der Waals surface area contributed by atoms with Gasteiger partial charge < -0.3 is 10.1 Å². The van der Waals surface area contributed by atoms with Crippen LogP contribution in [0.1, 0.15) is 22.5 Å². The SMILES string of the molecule is COc1cnccc1-c1ccc(C(=O)NCCCc2ccccn2)cc1. The third kappa shape index (κ3) is 4.45. The van der Waals surface area contributed by atoms with Gasteiger partial charge in [-0.3, -0.25) is 14.8 Å². The molecular weight excluding hydrogens is 326 g/mol. The van der Waals surface area contributed by atoms with Crippen molar-refractivity contribution in [3.05, 3.63) is 78.4 Å². The van der Waals surface area contributed by atoms with Crippen molar-refractivity contribution in [3.63, 3.8) is 0 Å². The molecule has 0 unspecified atom stereocenters. The molecule has 5 nitrogen and oxygen atoms in total. The van der Waals surface area contributed by atoms with Gasteiger partial charge in [-0.15, -0.1) is 0 Å². The van der Waals surface area contributed by atoms with Crippen molar-refractivity contribution in [2.45, 2.75) is 12.8 Å². The number of carbonyl (C=O) groups is 1. The molecule has 132 valence electrons. The third-order valence-corrected chi connectivity index (χ3v) is 4.08. The number of methoxy groups -OCH3 is 1. The van der Waals surface area contributed by atoms with Crippen LogP contribution in [0.2, 0.25) is 0 Å². The second kappa shape index (κ2) is 8.76. The number of hydrogen-bond acceptors (Lipinski definition) is 4. The summed E-state index contributed by atoms with van der Waals surface area (Å²) in [7, 11) is 1.62. The fourth-order valence-electron chi connectivity index (χ4n) is 2.70. The van der Waals surface area contributed by atoms with E-state index in [1.807, 2.05) is 48.5 Å². The summed E-state index contributed by atoms with van der Waals surface area (Å²) in [5.41, 5.74) is 3.61. The van der Waals surface area contributed by atoms with Gasteiger partial charge in [0.2, 0.25) is 0 Å². The predicted molar refractivity (Wildman–Crippen MR) is 101 cm³/mol. The first kappa shape index (κ1) is 17.6. The summed E-state index contributed by atoms with van der Waals surface area (Å²) in [6.45, 7) is 0.620. The number of amides is 1. The van der Waals surface area contributed by atoms with E-state index in [-0.39, 0.29) is 5.91 Å². The van der Waals surface area contributed by atoms with E-state index < -0.39 is 0 Å². The summed E-state index contributed by atoms with van der Waals surface area (Å²) < 4.78 is 5.33. The van der Waals surface area contributed by atoms with E-state index in [4.69, 9.17) is 4.74 Å². The molecule has 1 aromatic carbocycles. The largest absolute Gasteiger partial charge is 0.494 e. The Balaban J connectivity index is 1.55. The number of benzene rings is 1. The van der Waals surface area contributed by atoms with Crippen LogP contribution in [0, 0.1) is 0 Å². The van der Waals surface area contributed by atoms with Gasteiger partial charge in [-0.05, 0) is 48.7 Å². The van der Waals surface area contributed by atoms with E-state index in [0.29, 0.717) is 17.9 Å². The Bertz CT molecular complexity index is 849. The number of nitrogens with zero attached hydrogens (tertiary/aromatic N) is 2. The first-order valence-corrected chi connectivity index (χ1v) is 8.54. The van der Waals surface area contributed by atoms with Crippen molar-refractivity contribution in [3.8, 4) is 16.9 Å². The number of hydrogen-bond donors (Lipinski definition) is 1. The Morgan fingerprint density at radius 3 is 2.65 bits per heavy atom. The number of aryl methyl sites for hydroxylation is 1. The summed E-state index contributed by atoms with van der Waals surface area (Å²) in [5.74, 6) is 0.637. The average molecular weight is 347 g/mol. The van der Waals surface area contributed by atoms with E-state index in [1.165, 1.54) is 0 Å². The quantitative estimate of drug-likeness (QED) is 0.664. The lowest BCUT2D eigenvalue weighted by Crippen LogP contribution is -2.24. The summed E-state index contributed by atoms with van der Waals surface area (Å²) in [5, 5.41) is 2.95. The van der Waals surface area contributed by atoms with Crippen LogP contribution in [0.5, 0.6) is 5.75 Å². The van der Waals surface area contributed by atoms with Crippen molar-refractivity contribution in [2.24, 2.45) is 0 Å². The molecule has 0 fully saturated rings. The molecule has 1 amide bonds. The minimum atomic E-state index is -0.0701. The number of rotatable bonds is 7. The van der Waals surface area contributed by atoms with Crippen molar-refractivity contribution < 1.29 is 9.53 Å². The van der Waals surface area contributed by atoms with Gasteiger partial charge in [-0.25, -0.2) is 0 Å². The molecule has 0 saturated heterocycles. The number of pyridine rings is 2. The van der Waals surface area contributed by atoms with Gasteiger partial charge in [-0.2, -0.15) is 0 Å². The van der Waals surface area contributed by atoms with E-state index >= 15 is 0 Å². The van der Waals surface area contributed by atoms with Crippen molar-refractivity contribution in [1.29, 1.82) is 0 Å². The van der Waals surface area contributed by atoms with Gasteiger partial charge in [0.25, 0.3) is 5.91 Å². The van der Waals surface area contributed by atoms with Gasteiger partial charge in [0.15, 0.2) is 0 Å². The Labute approximate surface area is 153 Å². The Hall–Kier alpha value is -3.21. The van der Waals surface area contributed by atoms with Gasteiger partial charge in [0, 0.05) is 35.8 Å². The maximum atomic E-state index is 12.3. The topological polar surface area (TPSA) is 64.1 Å². The fourth-order valence-corrected chi connectivity index (χ4v) is 2.70. The highest BCUT2D eigenvalue weighted by Crippen LogP contribution is 2.28. The lowest BCUT2D eigenvalue weighted by Gasteiger charge is -2.09. The summed E-state index contributed by atoms with van der Waals surface area (Å²) in [6.07, 6.45) is 6.89. The van der Waals surface area contributed by atoms with Crippen LogP contribution in [0.4, 0.5) is 0 Å². The number of ether oxygens (including phenoxy) is 1. The van der Waals surface area contributed by atoms with E-state index in [9.17, 15) is 4.79 Å². The Morgan fingerprint density at radius 1 is 1.08 bits per heavy atom. The standard InChI is InChI=1S/C21H21N3O2/c1-26-20-15-22-14-11-19(20)16-7-9-17(10-8-16)21(25)24-13-4-6-18-5-2-3-12-23-18/h2-3,5,7-12,14-15H,4,6,13H2,1H3,(H,24,25). The van der Waals surface area contributed by atoms with Crippen LogP contribution in [-0.2, 0) is 6.42 Å². The molecular formula is C21H21N3O2. The highest BCUT2D eigenvalue weighted by molar-refractivity contribution is 5.94. The highest BCUT2D eigenvalue weighted by Gasteiger charge is 2.08. The van der Waals surface area contributed by atoms with E-state index in [0.717, 1.165) is 29.7 Å². The van der Waals surface area contributed by atoms with E-state index in [2.05, 4.69) is 15.3 Å². The molecule has 5 heteroatoms. The van der Waals surface area contributed by atoms with Gasteiger partial charge in [0.05, 0.1) is 13.3 Å². The smallest absolute Gasteiger partial charge is 0.251 e. The number of aromatic nitrogens is 2. The zero-order valence-corrected chi connectivity index (χ0v) is 14.7. The maximum Gasteiger partial charge on any atom is 0.251 e. The minimum absolute atomic E-state index is 0.0701. The van der Waals surface area contributed by atoms with Gasteiger partial charge >= 0.3 is 0 Å². The molecule has 3 rings (SSSR count). The number of nitrogens with one attached hydrogen (secondary N) is 1. The summed E-state index contributed by atoms with van der Waals surface area (Å²) in [6, 6.07) is 15.2. The molecule has 0 spiro atoms. The molecule has 2 heterocycles. The van der Waals surface area contributed by atoms with Crippen LogP contribution in [-0.4, -0.2) is 29.5 Å². The predicted octanol–water partition coefficient (Wildman–Crippen LogP) is 3.51. The molecule has 0 bridgehead atoms. The molecule has 0 radical (unpaired) electrons. The van der Waals surface area contributed by atoms with Crippen molar-refractivity contribution in [1.82, 2.24) is 15.3 Å². The second-order valence-corrected chi connectivity index (χ2v) is 5.83. The second-order valence-electron chi connectivity index (χ2n) is 5.83. The summed E-state index contributed by atoms with van der Waals surface area (Å²) in [4.78, 5) is 20.6. The van der Waals surface area contributed by atoms with E-state index in [1.54, 1.807) is 25.7 Å². The molecule has 26 heavy (non-hydrogen) atoms. The monoisotopic (exact) mass is 347 g/mol. The molecule has 0 atom stereocenters. The lowest BCUT2D eigenvalue weighted by molar-refractivity contribution is 0.0953. The zero-order chi connectivity index (χ0) is 18.2. The molecule has 0 saturated carbocycles. The van der Waals surface area contributed by atoms with Crippen molar-refractivity contribution >= 4 is 5.91 Å². The first-order valence-electron chi connectivity index (χ1n) is 8.54. The van der Waals surface area contributed by atoms with Crippen LogP contribution in [0.15, 0.2) is 67.1 Å². The Morgan fingerprint density at radius 2 is 1.92 bits per heavy atom. The van der Waals surface area contributed by atoms with Crippen LogP contribution in [0.3, 0.4) is 0 Å². The number of carbonyl (C=O) groups excluding carboxylic acids is 1. The van der Waals surface area contributed by atoms with Crippen molar-refractivity contribution in [2.75, 3.05) is 13.7 Å². The fraction of sp³-hybridized carbons (Fsp3) is 0.190.